The number of nitrogens with two attached hydrogens (primary N) is 1. The first kappa shape index (κ1) is 13.5. The highest BCUT2D eigenvalue weighted by atomic mass is 19.4. The highest BCUT2D eigenvalue weighted by Crippen LogP contribution is 2.21. The second-order valence-electron chi connectivity index (χ2n) is 3.71. The molecule has 0 radical (unpaired) electrons. The van der Waals surface area contributed by atoms with Crippen molar-refractivity contribution < 1.29 is 13.2 Å². The van der Waals surface area contributed by atoms with Crippen LogP contribution in [-0.2, 0) is 6.42 Å². The van der Waals surface area contributed by atoms with Gasteiger partial charge in [-0.3, -0.25) is 0 Å². The van der Waals surface area contributed by atoms with E-state index in [0.717, 1.165) is 0 Å². The topological polar surface area (TPSA) is 55.0 Å². The van der Waals surface area contributed by atoms with Gasteiger partial charge in [-0.2, -0.15) is 13.2 Å². The summed E-state index contributed by atoms with van der Waals surface area (Å²) in [6, 6.07) is 1.47. The van der Waals surface area contributed by atoms with Gasteiger partial charge in [0.05, 0.1) is 6.42 Å². The van der Waals surface area contributed by atoms with E-state index < -0.39 is 12.6 Å². The van der Waals surface area contributed by atoms with Crippen molar-refractivity contribution in [3.05, 3.63) is 11.9 Å². The van der Waals surface area contributed by atoms with E-state index in [1.807, 2.05) is 6.92 Å². The maximum absolute atomic E-state index is 12.1. The average molecular weight is 248 g/mol. The number of aryl methyl sites for hydroxylation is 1. The van der Waals surface area contributed by atoms with E-state index in [4.69, 9.17) is 5.73 Å². The van der Waals surface area contributed by atoms with Gasteiger partial charge in [0.2, 0.25) is 0 Å². The summed E-state index contributed by atoms with van der Waals surface area (Å²) in [5.74, 6) is 1.21. The van der Waals surface area contributed by atoms with Crippen LogP contribution in [0.25, 0.3) is 0 Å². The van der Waals surface area contributed by atoms with E-state index in [-0.39, 0.29) is 12.4 Å². The van der Waals surface area contributed by atoms with Crippen LogP contribution in [0.1, 0.15) is 19.2 Å². The number of anilines is 2. The summed E-state index contributed by atoms with van der Waals surface area (Å²) in [7, 11) is 1.55. The Morgan fingerprint density at radius 3 is 2.53 bits per heavy atom. The van der Waals surface area contributed by atoms with Crippen molar-refractivity contribution in [3.8, 4) is 0 Å². The predicted molar refractivity (Wildman–Crippen MR) is 59.8 cm³/mol. The maximum Gasteiger partial charge on any atom is 0.390 e. The summed E-state index contributed by atoms with van der Waals surface area (Å²) in [5, 5.41) is 0. The SMILES string of the molecule is CCc1nc(N)cc(N(C)CCC(F)(F)F)n1. The van der Waals surface area contributed by atoms with Crippen LogP contribution in [0, 0.1) is 0 Å². The van der Waals surface area contributed by atoms with Gasteiger partial charge in [-0.15, -0.1) is 0 Å². The Kier molecular flexibility index (Phi) is 4.14. The first-order chi connectivity index (χ1) is 7.81. The van der Waals surface area contributed by atoms with Gasteiger partial charge in [0.1, 0.15) is 17.5 Å². The molecule has 2 N–H and O–H groups in total. The minimum absolute atomic E-state index is 0.150. The van der Waals surface area contributed by atoms with Crippen LogP contribution < -0.4 is 10.6 Å². The van der Waals surface area contributed by atoms with Crippen LogP contribution in [0.5, 0.6) is 0 Å². The Morgan fingerprint density at radius 2 is 2.00 bits per heavy atom. The Labute approximate surface area is 97.7 Å². The lowest BCUT2D eigenvalue weighted by atomic mass is 10.3. The van der Waals surface area contributed by atoms with Crippen LogP contribution >= 0.6 is 0 Å². The van der Waals surface area contributed by atoms with Crippen LogP contribution in [-0.4, -0.2) is 29.7 Å². The molecule has 96 valence electrons. The predicted octanol–water partition coefficient (Wildman–Crippen LogP) is 2.01. The van der Waals surface area contributed by atoms with Crippen molar-refractivity contribution in [1.82, 2.24) is 9.97 Å². The van der Waals surface area contributed by atoms with E-state index in [1.54, 1.807) is 7.05 Å². The summed E-state index contributed by atoms with van der Waals surface area (Å²) in [5.41, 5.74) is 5.55. The van der Waals surface area contributed by atoms with Crippen molar-refractivity contribution >= 4 is 11.6 Å². The van der Waals surface area contributed by atoms with Gasteiger partial charge in [0.15, 0.2) is 0 Å². The number of alkyl halides is 3. The molecule has 0 aromatic carbocycles. The smallest absolute Gasteiger partial charge is 0.384 e. The fourth-order valence-corrected chi connectivity index (χ4v) is 1.27. The van der Waals surface area contributed by atoms with Gasteiger partial charge < -0.3 is 10.6 Å². The number of nitrogens with zero attached hydrogens (tertiary/aromatic N) is 3. The first-order valence-electron chi connectivity index (χ1n) is 5.23. The molecule has 0 unspecified atom stereocenters. The number of aromatic nitrogens is 2. The first-order valence-corrected chi connectivity index (χ1v) is 5.23. The van der Waals surface area contributed by atoms with Gasteiger partial charge in [-0.1, -0.05) is 6.92 Å². The van der Waals surface area contributed by atoms with Crippen molar-refractivity contribution in [2.45, 2.75) is 25.9 Å². The fraction of sp³-hybridized carbons (Fsp3) is 0.600. The Bertz CT molecular complexity index is 378. The maximum atomic E-state index is 12.1. The number of nitrogen functional groups attached to an aromatic ring is 1. The highest BCUT2D eigenvalue weighted by Gasteiger charge is 2.27. The summed E-state index contributed by atoms with van der Waals surface area (Å²) in [4.78, 5) is 9.50. The van der Waals surface area contributed by atoms with Crippen LogP contribution in [0.15, 0.2) is 6.07 Å². The molecule has 0 aliphatic heterocycles. The molecular weight excluding hydrogens is 233 g/mol. The van der Waals surface area contributed by atoms with Crippen LogP contribution in [0.2, 0.25) is 0 Å². The molecule has 17 heavy (non-hydrogen) atoms. The lowest BCUT2D eigenvalue weighted by Crippen LogP contribution is -2.25. The van der Waals surface area contributed by atoms with E-state index >= 15 is 0 Å². The molecule has 0 atom stereocenters. The molecule has 1 aromatic heterocycles. The second-order valence-corrected chi connectivity index (χ2v) is 3.71. The van der Waals surface area contributed by atoms with Gasteiger partial charge in [-0.05, 0) is 0 Å². The number of hydrogen-bond acceptors (Lipinski definition) is 4. The van der Waals surface area contributed by atoms with Crippen molar-refractivity contribution in [1.29, 1.82) is 0 Å². The van der Waals surface area contributed by atoms with Crippen LogP contribution in [0.3, 0.4) is 0 Å². The second kappa shape index (κ2) is 5.20. The quantitative estimate of drug-likeness (QED) is 0.885. The Morgan fingerprint density at radius 1 is 1.35 bits per heavy atom. The third-order valence-corrected chi connectivity index (χ3v) is 2.22. The zero-order valence-corrected chi connectivity index (χ0v) is 9.75. The minimum Gasteiger partial charge on any atom is -0.384 e. The highest BCUT2D eigenvalue weighted by molar-refractivity contribution is 5.46. The zero-order chi connectivity index (χ0) is 13.1. The van der Waals surface area contributed by atoms with Gasteiger partial charge in [0, 0.05) is 26.1 Å². The van der Waals surface area contributed by atoms with Crippen molar-refractivity contribution in [2.75, 3.05) is 24.2 Å². The summed E-state index contributed by atoms with van der Waals surface area (Å²) >= 11 is 0. The molecule has 1 rings (SSSR count). The standard InChI is InChI=1S/C10H15F3N4/c1-3-8-15-7(14)6-9(16-8)17(2)5-4-10(11,12)13/h6H,3-5H2,1-2H3,(H2,14,15,16). The molecule has 0 saturated carbocycles. The fourth-order valence-electron chi connectivity index (χ4n) is 1.27. The number of rotatable bonds is 4. The Balaban J connectivity index is 2.74. The van der Waals surface area contributed by atoms with E-state index in [0.29, 0.717) is 18.1 Å². The van der Waals surface area contributed by atoms with Crippen LogP contribution in [0.4, 0.5) is 24.8 Å². The third kappa shape index (κ3) is 4.46. The normalized spacial score (nSPS) is 11.6. The van der Waals surface area contributed by atoms with E-state index in [9.17, 15) is 13.2 Å². The molecule has 0 saturated heterocycles. The number of hydrogen-bond donors (Lipinski definition) is 1. The molecular formula is C10H15F3N4. The lowest BCUT2D eigenvalue weighted by molar-refractivity contribution is -0.132. The third-order valence-electron chi connectivity index (χ3n) is 2.22. The number of halogens is 3. The molecule has 0 fully saturated rings. The van der Waals surface area contributed by atoms with E-state index in [1.165, 1.54) is 11.0 Å². The van der Waals surface area contributed by atoms with Gasteiger partial charge in [0.25, 0.3) is 0 Å². The monoisotopic (exact) mass is 248 g/mol. The average Bonchev–Trinajstić information content (AvgIpc) is 2.23. The zero-order valence-electron chi connectivity index (χ0n) is 9.75. The van der Waals surface area contributed by atoms with Gasteiger partial charge >= 0.3 is 6.18 Å². The molecule has 1 heterocycles. The largest absolute Gasteiger partial charge is 0.390 e. The minimum atomic E-state index is -4.17. The molecule has 1 aromatic rings. The molecule has 0 aliphatic carbocycles. The van der Waals surface area contributed by atoms with Crippen molar-refractivity contribution in [2.24, 2.45) is 0 Å². The molecule has 0 spiro atoms. The molecule has 4 nitrogen and oxygen atoms in total. The van der Waals surface area contributed by atoms with E-state index in [2.05, 4.69) is 9.97 Å². The molecule has 0 amide bonds. The van der Waals surface area contributed by atoms with Crippen molar-refractivity contribution in [3.63, 3.8) is 0 Å². The lowest BCUT2D eigenvalue weighted by Gasteiger charge is -2.19. The Hall–Kier alpha value is -1.53. The van der Waals surface area contributed by atoms with Gasteiger partial charge in [-0.25, -0.2) is 9.97 Å². The molecule has 0 aliphatic rings. The summed E-state index contributed by atoms with van der Waals surface area (Å²) < 4.78 is 36.2. The molecule has 0 bridgehead atoms. The molecule has 7 heteroatoms. The summed E-state index contributed by atoms with van der Waals surface area (Å²) in [6.45, 7) is 1.71. The summed E-state index contributed by atoms with van der Waals surface area (Å²) in [6.07, 6.45) is -4.46.